The van der Waals surface area contributed by atoms with Crippen LogP contribution in [0.3, 0.4) is 0 Å². The van der Waals surface area contributed by atoms with Crippen molar-refractivity contribution in [2.75, 3.05) is 23.3 Å². The minimum absolute atomic E-state index is 0.109. The molecule has 5 heterocycles. The first-order chi connectivity index (χ1) is 15.6. The van der Waals surface area contributed by atoms with Crippen LogP contribution < -0.4 is 10.2 Å². The molecule has 1 N–H and O–H groups in total. The number of piperidine rings is 1. The molecule has 0 unspecified atom stereocenters. The predicted molar refractivity (Wildman–Crippen MR) is 121 cm³/mol. The molecule has 4 aromatic rings. The monoisotopic (exact) mass is 431 g/mol. The van der Waals surface area contributed by atoms with Gasteiger partial charge >= 0.3 is 0 Å². The van der Waals surface area contributed by atoms with Crippen LogP contribution in [0, 0.1) is 6.92 Å². The molecular weight excluding hydrogens is 406 g/mol. The normalized spacial score (nSPS) is 14.1. The van der Waals surface area contributed by atoms with Crippen LogP contribution in [-0.4, -0.2) is 43.7 Å². The van der Waals surface area contributed by atoms with Crippen molar-refractivity contribution in [2.45, 2.75) is 32.6 Å². The number of aryl methyl sites for hydroxylation is 2. The van der Waals surface area contributed by atoms with Gasteiger partial charge < -0.3 is 14.6 Å². The van der Waals surface area contributed by atoms with Crippen LogP contribution in [0.15, 0.2) is 41.3 Å². The van der Waals surface area contributed by atoms with Crippen molar-refractivity contribution < 1.29 is 9.21 Å². The maximum Gasteiger partial charge on any atom is 0.230 e. The first-order valence-corrected chi connectivity index (χ1v) is 10.8. The quantitative estimate of drug-likeness (QED) is 0.516. The summed E-state index contributed by atoms with van der Waals surface area (Å²) in [6, 6.07) is 5.68. The molecule has 0 radical (unpaired) electrons. The van der Waals surface area contributed by atoms with Gasteiger partial charge in [-0.05, 0) is 44.4 Å². The van der Waals surface area contributed by atoms with Crippen molar-refractivity contribution in [1.82, 2.24) is 24.7 Å². The van der Waals surface area contributed by atoms with Gasteiger partial charge in [-0.1, -0.05) is 0 Å². The highest BCUT2D eigenvalue weighted by Crippen LogP contribution is 2.30. The highest BCUT2D eigenvalue weighted by molar-refractivity contribution is 5.97. The Labute approximate surface area is 185 Å². The maximum atomic E-state index is 12.9. The first kappa shape index (κ1) is 20.2. The van der Waals surface area contributed by atoms with Crippen LogP contribution in [0.4, 0.5) is 11.5 Å². The summed E-state index contributed by atoms with van der Waals surface area (Å²) in [6.45, 7) is 3.77. The van der Waals surface area contributed by atoms with Crippen molar-refractivity contribution in [3.05, 3.63) is 48.2 Å². The topological polar surface area (TPSA) is 102 Å². The standard InChI is InChI=1S/C23H25N7O2/c1-15-10-16(6-7-24-15)23-26-18(14-32-23)12-20(31)27-19-11-17-13-25-29(2)21(17)28-22(19)30-8-4-3-5-9-30/h6-7,10-11,13-14H,3-5,8-9,12H2,1-2H3,(H,27,31). The second-order valence-corrected chi connectivity index (χ2v) is 8.14. The molecule has 0 saturated carbocycles. The fraction of sp³-hybridized carbons (Fsp3) is 0.348. The van der Waals surface area contributed by atoms with Crippen molar-refractivity contribution in [3.63, 3.8) is 0 Å². The Morgan fingerprint density at radius 1 is 1.19 bits per heavy atom. The number of fused-ring (bicyclic) bond motifs is 1. The molecule has 164 valence electrons. The second kappa shape index (κ2) is 8.41. The fourth-order valence-corrected chi connectivity index (χ4v) is 4.06. The molecule has 9 nitrogen and oxygen atoms in total. The minimum atomic E-state index is -0.168. The van der Waals surface area contributed by atoms with Gasteiger partial charge in [-0.15, -0.1) is 0 Å². The molecule has 32 heavy (non-hydrogen) atoms. The lowest BCUT2D eigenvalue weighted by atomic mass is 10.1. The summed E-state index contributed by atoms with van der Waals surface area (Å²) in [5.41, 5.74) is 3.79. The van der Waals surface area contributed by atoms with Gasteiger partial charge in [-0.25, -0.2) is 9.97 Å². The molecule has 1 saturated heterocycles. The van der Waals surface area contributed by atoms with Crippen molar-refractivity contribution in [3.8, 4) is 11.5 Å². The Morgan fingerprint density at radius 2 is 2.03 bits per heavy atom. The Balaban J connectivity index is 1.37. The van der Waals surface area contributed by atoms with Crippen LogP contribution in [-0.2, 0) is 18.3 Å². The summed E-state index contributed by atoms with van der Waals surface area (Å²) in [7, 11) is 1.88. The molecular formula is C23H25N7O2. The number of carbonyl (C=O) groups excluding carboxylic acids is 1. The largest absolute Gasteiger partial charge is 0.444 e. The smallest absolute Gasteiger partial charge is 0.230 e. The van der Waals surface area contributed by atoms with Gasteiger partial charge in [0.05, 0.1) is 24.0 Å². The summed E-state index contributed by atoms with van der Waals surface area (Å²) in [5.74, 6) is 1.10. The number of carbonyl (C=O) groups is 1. The zero-order chi connectivity index (χ0) is 22.1. The van der Waals surface area contributed by atoms with E-state index in [0.717, 1.165) is 54.0 Å². The fourth-order valence-electron chi connectivity index (χ4n) is 4.06. The van der Waals surface area contributed by atoms with Gasteiger partial charge in [-0.2, -0.15) is 5.10 Å². The highest BCUT2D eigenvalue weighted by atomic mass is 16.3. The lowest BCUT2D eigenvalue weighted by Crippen LogP contribution is -2.31. The van der Waals surface area contributed by atoms with Crippen LogP contribution in [0.2, 0.25) is 0 Å². The lowest BCUT2D eigenvalue weighted by molar-refractivity contribution is -0.115. The zero-order valence-electron chi connectivity index (χ0n) is 18.2. The van der Waals surface area contributed by atoms with E-state index in [2.05, 4.69) is 25.3 Å². The van der Waals surface area contributed by atoms with Crippen LogP contribution in [0.5, 0.6) is 0 Å². The summed E-state index contributed by atoms with van der Waals surface area (Å²) >= 11 is 0. The van der Waals surface area contributed by atoms with Gasteiger partial charge in [0.25, 0.3) is 0 Å². The second-order valence-electron chi connectivity index (χ2n) is 8.14. The van der Waals surface area contributed by atoms with E-state index in [9.17, 15) is 4.79 Å². The zero-order valence-corrected chi connectivity index (χ0v) is 18.2. The summed E-state index contributed by atoms with van der Waals surface area (Å²) in [6.07, 6.45) is 8.57. The molecule has 0 aromatic carbocycles. The van der Waals surface area contributed by atoms with Gasteiger partial charge in [0.2, 0.25) is 11.8 Å². The Bertz CT molecular complexity index is 1270. The maximum absolute atomic E-state index is 12.9. The molecule has 1 fully saturated rings. The average Bonchev–Trinajstić information content (AvgIpc) is 3.40. The van der Waals surface area contributed by atoms with Gasteiger partial charge in [0, 0.05) is 43.0 Å². The molecule has 1 amide bonds. The number of nitrogens with one attached hydrogen (secondary N) is 1. The van der Waals surface area contributed by atoms with E-state index in [4.69, 9.17) is 9.40 Å². The third-order valence-electron chi connectivity index (χ3n) is 5.65. The molecule has 9 heteroatoms. The molecule has 0 spiro atoms. The third-order valence-corrected chi connectivity index (χ3v) is 5.65. The Kier molecular flexibility index (Phi) is 5.30. The van der Waals surface area contributed by atoms with Crippen LogP contribution in [0.25, 0.3) is 22.5 Å². The van der Waals surface area contributed by atoms with Gasteiger partial charge in [0.1, 0.15) is 6.26 Å². The number of anilines is 2. The van der Waals surface area contributed by atoms with Crippen LogP contribution >= 0.6 is 0 Å². The van der Waals surface area contributed by atoms with Gasteiger partial charge in [-0.3, -0.25) is 14.5 Å². The SMILES string of the molecule is Cc1cc(-c2nc(CC(=O)Nc3cc4cnn(C)c4nc3N3CCCCC3)co2)ccn1. The molecule has 4 aromatic heterocycles. The Hall–Kier alpha value is -3.75. The number of amides is 1. The average molecular weight is 432 g/mol. The predicted octanol–water partition coefficient (Wildman–Crippen LogP) is 3.50. The molecule has 1 aliphatic rings. The molecule has 5 rings (SSSR count). The molecule has 0 aliphatic carbocycles. The number of oxazole rings is 1. The highest BCUT2D eigenvalue weighted by Gasteiger charge is 2.20. The van der Waals surface area contributed by atoms with Crippen molar-refractivity contribution >= 4 is 28.4 Å². The van der Waals surface area contributed by atoms with Crippen molar-refractivity contribution in [1.29, 1.82) is 0 Å². The Morgan fingerprint density at radius 3 is 2.84 bits per heavy atom. The minimum Gasteiger partial charge on any atom is -0.444 e. The summed E-state index contributed by atoms with van der Waals surface area (Å²) in [5, 5.41) is 8.24. The number of pyridine rings is 2. The van der Waals surface area contributed by atoms with E-state index < -0.39 is 0 Å². The lowest BCUT2D eigenvalue weighted by Gasteiger charge is -2.29. The van der Waals surface area contributed by atoms with E-state index in [-0.39, 0.29) is 12.3 Å². The van der Waals surface area contributed by atoms with E-state index >= 15 is 0 Å². The first-order valence-electron chi connectivity index (χ1n) is 10.8. The summed E-state index contributed by atoms with van der Waals surface area (Å²) < 4.78 is 7.34. The summed E-state index contributed by atoms with van der Waals surface area (Å²) in [4.78, 5) is 28.6. The van der Waals surface area contributed by atoms with E-state index in [1.54, 1.807) is 17.1 Å². The number of hydrogen-bond donors (Lipinski definition) is 1. The number of hydrogen-bond acceptors (Lipinski definition) is 7. The van der Waals surface area contributed by atoms with E-state index in [1.807, 2.05) is 32.2 Å². The number of nitrogens with zero attached hydrogens (tertiary/aromatic N) is 6. The third kappa shape index (κ3) is 4.05. The molecule has 0 bridgehead atoms. The number of rotatable bonds is 5. The van der Waals surface area contributed by atoms with E-state index in [1.165, 1.54) is 12.7 Å². The van der Waals surface area contributed by atoms with Crippen molar-refractivity contribution in [2.24, 2.45) is 7.05 Å². The van der Waals surface area contributed by atoms with Crippen LogP contribution in [0.1, 0.15) is 30.7 Å². The number of aromatic nitrogens is 5. The van der Waals surface area contributed by atoms with E-state index in [0.29, 0.717) is 17.3 Å². The molecule has 1 aliphatic heterocycles. The molecule has 0 atom stereocenters. The van der Waals surface area contributed by atoms with Gasteiger partial charge in [0.15, 0.2) is 11.5 Å².